The van der Waals surface area contributed by atoms with Crippen molar-refractivity contribution in [2.75, 3.05) is 0 Å². The Morgan fingerprint density at radius 1 is 1.45 bits per heavy atom. The summed E-state index contributed by atoms with van der Waals surface area (Å²) in [7, 11) is 0. The summed E-state index contributed by atoms with van der Waals surface area (Å²) in [6.45, 7) is 1.91. The maximum atomic E-state index is 9.31. The Balaban J connectivity index is 2.91. The molecule has 0 saturated heterocycles. The number of aryl methyl sites for hydroxylation is 1. The standard InChI is InChI=1S/C8H7NO2/c1-5-2-6-4-9-11-8(6)7(10)3-5/h2-4,10H,1H3. The highest BCUT2D eigenvalue weighted by atomic mass is 16.5. The van der Waals surface area contributed by atoms with E-state index in [-0.39, 0.29) is 5.75 Å². The van der Waals surface area contributed by atoms with Crippen LogP contribution in [0.25, 0.3) is 11.0 Å². The first-order chi connectivity index (χ1) is 5.27. The molecule has 0 saturated carbocycles. The molecule has 2 rings (SSSR count). The fourth-order valence-electron chi connectivity index (χ4n) is 1.11. The molecule has 0 aliphatic rings. The second-order valence-electron chi connectivity index (χ2n) is 2.53. The van der Waals surface area contributed by atoms with Crippen LogP contribution in [0, 0.1) is 6.92 Å². The average molecular weight is 149 g/mol. The van der Waals surface area contributed by atoms with Gasteiger partial charge in [-0.25, -0.2) is 0 Å². The molecule has 0 amide bonds. The quantitative estimate of drug-likeness (QED) is 0.621. The smallest absolute Gasteiger partial charge is 0.208 e. The molecular weight excluding hydrogens is 142 g/mol. The minimum atomic E-state index is 0.150. The molecule has 0 atom stereocenters. The molecule has 0 unspecified atom stereocenters. The molecule has 2 aromatic rings. The number of hydrogen-bond acceptors (Lipinski definition) is 3. The molecule has 3 heteroatoms. The number of hydrogen-bond donors (Lipinski definition) is 1. The lowest BCUT2D eigenvalue weighted by molar-refractivity contribution is 0.422. The molecule has 1 aromatic heterocycles. The topological polar surface area (TPSA) is 46.3 Å². The van der Waals surface area contributed by atoms with Crippen LogP contribution >= 0.6 is 0 Å². The number of aromatic hydroxyl groups is 1. The normalized spacial score (nSPS) is 10.6. The van der Waals surface area contributed by atoms with Gasteiger partial charge in [-0.2, -0.15) is 0 Å². The molecule has 0 aliphatic carbocycles. The molecule has 11 heavy (non-hydrogen) atoms. The first kappa shape index (κ1) is 6.22. The third kappa shape index (κ3) is 0.852. The van der Waals surface area contributed by atoms with Crippen molar-refractivity contribution in [3.63, 3.8) is 0 Å². The van der Waals surface area contributed by atoms with E-state index >= 15 is 0 Å². The van der Waals surface area contributed by atoms with Gasteiger partial charge in [0.2, 0.25) is 5.58 Å². The lowest BCUT2D eigenvalue weighted by atomic mass is 10.2. The molecule has 0 spiro atoms. The van der Waals surface area contributed by atoms with E-state index < -0.39 is 0 Å². The molecular formula is C8H7NO2. The number of phenols is 1. The number of nitrogens with zero attached hydrogens (tertiary/aromatic N) is 1. The van der Waals surface area contributed by atoms with E-state index in [0.717, 1.165) is 10.9 Å². The summed E-state index contributed by atoms with van der Waals surface area (Å²) in [6, 6.07) is 3.55. The van der Waals surface area contributed by atoms with Gasteiger partial charge in [0.05, 0.1) is 6.20 Å². The zero-order chi connectivity index (χ0) is 7.84. The number of fused-ring (bicyclic) bond motifs is 1. The number of rotatable bonds is 0. The predicted molar refractivity (Wildman–Crippen MR) is 40.4 cm³/mol. The average Bonchev–Trinajstić information content (AvgIpc) is 2.34. The van der Waals surface area contributed by atoms with E-state index in [4.69, 9.17) is 4.52 Å². The van der Waals surface area contributed by atoms with E-state index in [0.29, 0.717) is 5.58 Å². The van der Waals surface area contributed by atoms with Crippen LogP contribution in [0.15, 0.2) is 22.9 Å². The van der Waals surface area contributed by atoms with Gasteiger partial charge in [-0.15, -0.1) is 0 Å². The molecule has 56 valence electrons. The molecule has 1 N–H and O–H groups in total. The van der Waals surface area contributed by atoms with Gasteiger partial charge < -0.3 is 9.63 Å². The zero-order valence-corrected chi connectivity index (χ0v) is 6.03. The van der Waals surface area contributed by atoms with Crippen LogP contribution in [-0.2, 0) is 0 Å². The van der Waals surface area contributed by atoms with Gasteiger partial charge in [-0.05, 0) is 24.6 Å². The fourth-order valence-corrected chi connectivity index (χ4v) is 1.11. The van der Waals surface area contributed by atoms with Gasteiger partial charge in [0.1, 0.15) is 0 Å². The van der Waals surface area contributed by atoms with Crippen molar-refractivity contribution in [2.45, 2.75) is 6.92 Å². The first-order valence-electron chi connectivity index (χ1n) is 3.31. The molecule has 0 bridgehead atoms. The monoisotopic (exact) mass is 149 g/mol. The predicted octanol–water partition coefficient (Wildman–Crippen LogP) is 1.84. The van der Waals surface area contributed by atoms with Crippen LogP contribution in [0.1, 0.15) is 5.56 Å². The molecule has 1 heterocycles. The van der Waals surface area contributed by atoms with Gasteiger partial charge in [0, 0.05) is 5.39 Å². The minimum absolute atomic E-state index is 0.150. The van der Waals surface area contributed by atoms with Crippen molar-refractivity contribution in [2.24, 2.45) is 0 Å². The number of aromatic nitrogens is 1. The number of phenolic OH excluding ortho intramolecular Hbond substituents is 1. The maximum absolute atomic E-state index is 9.31. The van der Waals surface area contributed by atoms with Gasteiger partial charge in [0.15, 0.2) is 5.75 Å². The summed E-state index contributed by atoms with van der Waals surface area (Å²) in [4.78, 5) is 0. The summed E-state index contributed by atoms with van der Waals surface area (Å²) < 4.78 is 4.80. The Labute approximate surface area is 63.2 Å². The fraction of sp³-hybridized carbons (Fsp3) is 0.125. The van der Waals surface area contributed by atoms with Gasteiger partial charge in [-0.1, -0.05) is 5.16 Å². The van der Waals surface area contributed by atoms with Crippen LogP contribution in [0.2, 0.25) is 0 Å². The third-order valence-electron chi connectivity index (χ3n) is 1.58. The van der Waals surface area contributed by atoms with E-state index in [1.165, 1.54) is 0 Å². The van der Waals surface area contributed by atoms with Crippen LogP contribution in [-0.4, -0.2) is 10.3 Å². The van der Waals surface area contributed by atoms with E-state index in [2.05, 4.69) is 5.16 Å². The zero-order valence-electron chi connectivity index (χ0n) is 6.03. The molecule has 3 nitrogen and oxygen atoms in total. The second kappa shape index (κ2) is 1.99. The lowest BCUT2D eigenvalue weighted by Gasteiger charge is -1.93. The summed E-state index contributed by atoms with van der Waals surface area (Å²) in [5.41, 5.74) is 1.45. The van der Waals surface area contributed by atoms with Crippen LogP contribution in [0.4, 0.5) is 0 Å². The SMILES string of the molecule is Cc1cc(O)c2oncc2c1. The van der Waals surface area contributed by atoms with Crippen LogP contribution < -0.4 is 0 Å². The van der Waals surface area contributed by atoms with Gasteiger partial charge in [-0.3, -0.25) is 0 Å². The third-order valence-corrected chi connectivity index (χ3v) is 1.58. The van der Waals surface area contributed by atoms with Crippen molar-refractivity contribution in [3.8, 4) is 5.75 Å². The summed E-state index contributed by atoms with van der Waals surface area (Å²) >= 11 is 0. The largest absolute Gasteiger partial charge is 0.504 e. The Hall–Kier alpha value is -1.51. The summed E-state index contributed by atoms with van der Waals surface area (Å²) in [5, 5.41) is 13.7. The Kier molecular flexibility index (Phi) is 1.12. The van der Waals surface area contributed by atoms with Crippen molar-refractivity contribution in [1.82, 2.24) is 5.16 Å². The van der Waals surface area contributed by atoms with Crippen molar-refractivity contribution >= 4 is 11.0 Å². The summed E-state index contributed by atoms with van der Waals surface area (Å²) in [6.07, 6.45) is 1.59. The summed E-state index contributed by atoms with van der Waals surface area (Å²) in [5.74, 6) is 0.150. The van der Waals surface area contributed by atoms with E-state index in [9.17, 15) is 5.11 Å². The highest BCUT2D eigenvalue weighted by Gasteiger charge is 2.03. The first-order valence-corrected chi connectivity index (χ1v) is 3.31. The molecule has 0 aliphatic heterocycles. The van der Waals surface area contributed by atoms with Crippen LogP contribution in [0.3, 0.4) is 0 Å². The van der Waals surface area contributed by atoms with Crippen molar-refractivity contribution < 1.29 is 9.63 Å². The molecule has 0 radical (unpaired) electrons. The maximum Gasteiger partial charge on any atom is 0.208 e. The Bertz CT molecular complexity index is 392. The second-order valence-corrected chi connectivity index (χ2v) is 2.53. The molecule has 1 aromatic carbocycles. The highest BCUT2D eigenvalue weighted by molar-refractivity contribution is 5.82. The number of benzene rings is 1. The Morgan fingerprint density at radius 2 is 2.27 bits per heavy atom. The minimum Gasteiger partial charge on any atom is -0.504 e. The lowest BCUT2D eigenvalue weighted by Crippen LogP contribution is -1.71. The van der Waals surface area contributed by atoms with Crippen molar-refractivity contribution in [3.05, 3.63) is 23.9 Å². The Morgan fingerprint density at radius 3 is 3.09 bits per heavy atom. The van der Waals surface area contributed by atoms with E-state index in [1.807, 2.05) is 13.0 Å². The highest BCUT2D eigenvalue weighted by Crippen LogP contribution is 2.25. The van der Waals surface area contributed by atoms with E-state index in [1.54, 1.807) is 12.3 Å². The molecule has 0 fully saturated rings. The van der Waals surface area contributed by atoms with Gasteiger partial charge in [0.25, 0.3) is 0 Å². The van der Waals surface area contributed by atoms with Crippen LogP contribution in [0.5, 0.6) is 5.75 Å². The van der Waals surface area contributed by atoms with Gasteiger partial charge >= 0.3 is 0 Å². The van der Waals surface area contributed by atoms with Crippen molar-refractivity contribution in [1.29, 1.82) is 0 Å².